The van der Waals surface area contributed by atoms with Gasteiger partial charge in [-0.1, -0.05) is 32.0 Å². The Kier molecular flexibility index (Phi) is 4.07. The van der Waals surface area contributed by atoms with Gasteiger partial charge in [-0.2, -0.15) is 0 Å². The number of anilines is 1. The largest absolute Gasteiger partial charge is 0.480 e. The van der Waals surface area contributed by atoms with Crippen molar-refractivity contribution in [3.8, 4) is 0 Å². The summed E-state index contributed by atoms with van der Waals surface area (Å²) < 4.78 is 0. The number of carboxylic acids is 1. The number of hydrogen-bond donors (Lipinski definition) is 3. The Bertz CT molecular complexity index is 698. The number of aromatic nitrogens is 1. The van der Waals surface area contributed by atoms with Gasteiger partial charge in [0, 0.05) is 5.39 Å². The van der Waals surface area contributed by atoms with Crippen molar-refractivity contribution in [1.82, 2.24) is 4.98 Å². The Hall–Kier alpha value is -2.63. The highest BCUT2D eigenvalue weighted by molar-refractivity contribution is 6.06. The molecule has 0 aliphatic heterocycles. The predicted octanol–water partition coefficient (Wildman–Crippen LogP) is 1.85. The van der Waals surface area contributed by atoms with Crippen molar-refractivity contribution in [2.75, 3.05) is 5.32 Å². The highest BCUT2D eigenvalue weighted by Gasteiger charge is 2.22. The van der Waals surface area contributed by atoms with Crippen LogP contribution in [0, 0.1) is 5.92 Å². The second kappa shape index (κ2) is 5.78. The van der Waals surface area contributed by atoms with E-state index < -0.39 is 17.9 Å². The Morgan fingerprint density at radius 2 is 1.95 bits per heavy atom. The molecule has 1 heterocycles. The highest BCUT2D eigenvalue weighted by atomic mass is 16.4. The number of nitrogens with two attached hydrogens (primary N) is 1. The van der Waals surface area contributed by atoms with Crippen molar-refractivity contribution in [3.63, 3.8) is 0 Å². The molecule has 0 radical (unpaired) electrons. The van der Waals surface area contributed by atoms with E-state index in [1.54, 1.807) is 38.1 Å². The van der Waals surface area contributed by atoms with Crippen LogP contribution in [0.5, 0.6) is 0 Å². The Labute approximate surface area is 122 Å². The van der Waals surface area contributed by atoms with Crippen molar-refractivity contribution >= 4 is 28.6 Å². The number of hydrogen-bond acceptors (Lipinski definition) is 4. The van der Waals surface area contributed by atoms with Gasteiger partial charge in [0.1, 0.15) is 11.9 Å². The normalized spacial score (nSPS) is 12.3. The molecule has 1 atom stereocenters. The van der Waals surface area contributed by atoms with Crippen LogP contribution in [0.1, 0.15) is 24.2 Å². The second-order valence-corrected chi connectivity index (χ2v) is 5.14. The lowest BCUT2D eigenvalue weighted by atomic mass is 10.0. The van der Waals surface area contributed by atoms with E-state index in [9.17, 15) is 14.7 Å². The maximum absolute atomic E-state index is 11.6. The Morgan fingerprint density at radius 1 is 1.29 bits per heavy atom. The zero-order chi connectivity index (χ0) is 15.6. The second-order valence-electron chi connectivity index (χ2n) is 5.14. The summed E-state index contributed by atoms with van der Waals surface area (Å²) in [4.78, 5) is 27.2. The Balaban J connectivity index is 2.50. The van der Waals surface area contributed by atoms with Crippen molar-refractivity contribution < 1.29 is 14.7 Å². The summed E-state index contributed by atoms with van der Waals surface area (Å²) >= 11 is 0. The quantitative estimate of drug-likeness (QED) is 0.778. The van der Waals surface area contributed by atoms with Crippen LogP contribution in [0.25, 0.3) is 10.9 Å². The molecule has 0 bridgehead atoms. The number of amides is 1. The molecule has 0 aliphatic rings. The number of primary amides is 1. The molecule has 110 valence electrons. The number of aliphatic carboxylic acids is 1. The van der Waals surface area contributed by atoms with E-state index >= 15 is 0 Å². The number of pyridine rings is 1. The number of para-hydroxylation sites is 1. The Morgan fingerprint density at radius 3 is 2.52 bits per heavy atom. The van der Waals surface area contributed by atoms with Crippen molar-refractivity contribution in [1.29, 1.82) is 0 Å². The van der Waals surface area contributed by atoms with Gasteiger partial charge < -0.3 is 16.2 Å². The minimum atomic E-state index is -0.972. The van der Waals surface area contributed by atoms with Gasteiger partial charge >= 0.3 is 5.97 Å². The molecule has 2 aromatic rings. The average Bonchev–Trinajstić information content (AvgIpc) is 2.43. The SMILES string of the molecule is CC(C)C(Nc1cc(C(N)=O)c2ccccc2n1)C(=O)O. The number of nitrogens with zero attached hydrogens (tertiary/aromatic N) is 1. The van der Waals surface area contributed by atoms with E-state index in [0.29, 0.717) is 22.3 Å². The topological polar surface area (TPSA) is 105 Å². The summed E-state index contributed by atoms with van der Waals surface area (Å²) in [5, 5.41) is 12.7. The molecule has 0 saturated heterocycles. The standard InChI is InChI=1S/C15H17N3O3/c1-8(2)13(15(20)21)18-12-7-10(14(16)19)9-5-3-4-6-11(9)17-12/h3-8,13H,1-2H3,(H2,16,19)(H,17,18)(H,20,21). The number of benzene rings is 1. The van der Waals surface area contributed by atoms with Crippen molar-refractivity contribution in [2.24, 2.45) is 11.7 Å². The third kappa shape index (κ3) is 3.10. The van der Waals surface area contributed by atoms with E-state index in [2.05, 4.69) is 10.3 Å². The molecule has 1 amide bonds. The van der Waals surface area contributed by atoms with Crippen LogP contribution in [0.15, 0.2) is 30.3 Å². The van der Waals surface area contributed by atoms with Gasteiger partial charge in [0.15, 0.2) is 0 Å². The molecule has 0 spiro atoms. The fourth-order valence-electron chi connectivity index (χ4n) is 2.13. The molecule has 2 rings (SSSR count). The molecular formula is C15H17N3O3. The predicted molar refractivity (Wildman–Crippen MR) is 80.1 cm³/mol. The summed E-state index contributed by atoms with van der Waals surface area (Å²) in [5.41, 5.74) is 6.29. The van der Waals surface area contributed by atoms with Gasteiger partial charge in [-0.15, -0.1) is 0 Å². The fourth-order valence-corrected chi connectivity index (χ4v) is 2.13. The molecular weight excluding hydrogens is 270 g/mol. The zero-order valence-electron chi connectivity index (χ0n) is 11.8. The third-order valence-corrected chi connectivity index (χ3v) is 3.22. The first-order valence-electron chi connectivity index (χ1n) is 6.59. The van der Waals surface area contributed by atoms with Gasteiger partial charge in [-0.25, -0.2) is 9.78 Å². The maximum Gasteiger partial charge on any atom is 0.326 e. The lowest BCUT2D eigenvalue weighted by molar-refractivity contribution is -0.138. The van der Waals surface area contributed by atoms with Crippen LogP contribution in [0.2, 0.25) is 0 Å². The zero-order valence-corrected chi connectivity index (χ0v) is 11.8. The van der Waals surface area contributed by atoms with Gasteiger partial charge in [0.25, 0.3) is 0 Å². The number of fused-ring (bicyclic) bond motifs is 1. The van der Waals surface area contributed by atoms with Gasteiger partial charge in [0.05, 0.1) is 11.1 Å². The summed E-state index contributed by atoms with van der Waals surface area (Å²) in [6.45, 7) is 3.59. The molecule has 0 aliphatic carbocycles. The van der Waals surface area contributed by atoms with Gasteiger partial charge in [-0.05, 0) is 18.1 Å². The van der Waals surface area contributed by atoms with Gasteiger partial charge in [0.2, 0.25) is 5.91 Å². The first kappa shape index (κ1) is 14.8. The molecule has 6 nitrogen and oxygen atoms in total. The molecule has 6 heteroatoms. The highest BCUT2D eigenvalue weighted by Crippen LogP contribution is 2.21. The third-order valence-electron chi connectivity index (χ3n) is 3.22. The van der Waals surface area contributed by atoms with Crippen LogP contribution >= 0.6 is 0 Å². The van der Waals surface area contributed by atoms with E-state index in [1.165, 1.54) is 6.07 Å². The minimum absolute atomic E-state index is 0.132. The van der Waals surface area contributed by atoms with Gasteiger partial charge in [-0.3, -0.25) is 4.79 Å². The lowest BCUT2D eigenvalue weighted by Crippen LogP contribution is -2.34. The lowest BCUT2D eigenvalue weighted by Gasteiger charge is -2.19. The molecule has 1 unspecified atom stereocenters. The van der Waals surface area contributed by atoms with Crippen LogP contribution in [-0.2, 0) is 4.79 Å². The van der Waals surface area contributed by atoms with E-state index in [0.717, 1.165) is 0 Å². The van der Waals surface area contributed by atoms with Crippen molar-refractivity contribution in [3.05, 3.63) is 35.9 Å². The van der Waals surface area contributed by atoms with E-state index in [-0.39, 0.29) is 5.92 Å². The number of carboxylic acid groups (broad SMARTS) is 1. The summed E-state index contributed by atoms with van der Waals surface area (Å²) in [5.74, 6) is -1.36. The summed E-state index contributed by atoms with van der Waals surface area (Å²) in [7, 11) is 0. The number of nitrogens with one attached hydrogen (secondary N) is 1. The van der Waals surface area contributed by atoms with Crippen molar-refractivity contribution in [2.45, 2.75) is 19.9 Å². The molecule has 0 fully saturated rings. The molecule has 0 saturated carbocycles. The molecule has 1 aromatic carbocycles. The minimum Gasteiger partial charge on any atom is -0.480 e. The van der Waals surface area contributed by atoms with E-state index in [4.69, 9.17) is 5.73 Å². The average molecular weight is 287 g/mol. The number of carbonyl (C=O) groups excluding carboxylic acids is 1. The fraction of sp³-hybridized carbons (Fsp3) is 0.267. The van der Waals surface area contributed by atoms with Crippen LogP contribution in [0.3, 0.4) is 0 Å². The monoisotopic (exact) mass is 287 g/mol. The summed E-state index contributed by atoms with van der Waals surface area (Å²) in [6.07, 6.45) is 0. The molecule has 1 aromatic heterocycles. The van der Waals surface area contributed by atoms with Crippen LogP contribution in [-0.4, -0.2) is 28.0 Å². The van der Waals surface area contributed by atoms with Crippen LogP contribution < -0.4 is 11.1 Å². The first-order chi connectivity index (χ1) is 9.90. The maximum atomic E-state index is 11.6. The summed E-state index contributed by atoms with van der Waals surface area (Å²) in [6, 6.07) is 7.78. The molecule has 21 heavy (non-hydrogen) atoms. The molecule has 4 N–H and O–H groups in total. The first-order valence-corrected chi connectivity index (χ1v) is 6.59. The number of rotatable bonds is 5. The van der Waals surface area contributed by atoms with Crippen LogP contribution in [0.4, 0.5) is 5.82 Å². The number of carbonyl (C=O) groups is 2. The van der Waals surface area contributed by atoms with E-state index in [1.807, 2.05) is 0 Å². The smallest absolute Gasteiger partial charge is 0.326 e.